The van der Waals surface area contributed by atoms with Crippen LogP contribution in [-0.2, 0) is 17.1 Å². The van der Waals surface area contributed by atoms with Crippen LogP contribution in [0.5, 0.6) is 0 Å². The standard InChI is InChI=1S/2CN.Cu.K/c2*1-2;;/q2*-1;+2;. The van der Waals surface area contributed by atoms with E-state index in [9.17, 15) is 0 Å². The van der Waals surface area contributed by atoms with Gasteiger partial charge in [0, 0.05) is 51.4 Å². The van der Waals surface area contributed by atoms with Crippen LogP contribution >= 0.6 is 0 Å². The molecule has 0 aliphatic carbocycles. The third kappa shape index (κ3) is 68.1. The summed E-state index contributed by atoms with van der Waals surface area (Å²) in [7, 11) is 0. The van der Waals surface area contributed by atoms with Gasteiger partial charge in [0.15, 0.2) is 0 Å². The van der Waals surface area contributed by atoms with E-state index in [4.69, 9.17) is 23.7 Å². The molecule has 2 nitrogen and oxygen atoms in total. The summed E-state index contributed by atoms with van der Waals surface area (Å²) in [6.45, 7) is 9.50. The van der Waals surface area contributed by atoms with Crippen molar-refractivity contribution in [3.05, 3.63) is 13.1 Å². The fourth-order valence-electron chi connectivity index (χ4n) is 0. The molecule has 0 rings (SSSR count). The molecular formula is C2CuKN2. The Morgan fingerprint density at radius 1 is 0.833 bits per heavy atom. The van der Waals surface area contributed by atoms with Crippen LogP contribution in [-0.4, -0.2) is 51.4 Å². The van der Waals surface area contributed by atoms with Gasteiger partial charge < -0.3 is 23.7 Å². The topological polar surface area (TPSA) is 47.6 Å². The van der Waals surface area contributed by atoms with E-state index >= 15 is 0 Å². The third-order valence-electron chi connectivity index (χ3n) is 0. The first kappa shape index (κ1) is 27.3. The van der Waals surface area contributed by atoms with E-state index in [1.807, 2.05) is 0 Å². The molecule has 0 aromatic heterocycles. The van der Waals surface area contributed by atoms with E-state index < -0.39 is 0 Å². The summed E-state index contributed by atoms with van der Waals surface area (Å²) < 4.78 is 0. The zero-order valence-electron chi connectivity index (χ0n) is 3.20. The predicted molar refractivity (Wildman–Crippen MR) is 15.7 cm³/mol. The molecule has 0 saturated carbocycles. The van der Waals surface area contributed by atoms with Gasteiger partial charge in [0.2, 0.25) is 0 Å². The molecule has 0 atom stereocenters. The fraction of sp³-hybridized carbons (Fsp3) is 0. The van der Waals surface area contributed by atoms with Crippen LogP contribution in [0.25, 0.3) is 0 Å². The zero-order chi connectivity index (χ0) is 4.00. The first-order valence-corrected chi connectivity index (χ1v) is 0.447. The molecule has 0 aliphatic rings. The Morgan fingerprint density at radius 3 is 0.833 bits per heavy atom. The molecule has 0 aromatic carbocycles. The molecule has 0 fully saturated rings. The molecule has 0 aromatic rings. The summed E-state index contributed by atoms with van der Waals surface area (Å²) in [5, 5.41) is 12.5. The van der Waals surface area contributed by atoms with E-state index in [0.29, 0.717) is 0 Å². The van der Waals surface area contributed by atoms with Crippen LogP contribution in [0.15, 0.2) is 0 Å². The first-order chi connectivity index (χ1) is 2.00. The van der Waals surface area contributed by atoms with E-state index in [0.717, 1.165) is 0 Å². The van der Waals surface area contributed by atoms with Gasteiger partial charge in [-0.3, -0.25) is 0 Å². The maximum atomic E-state index is 6.25. The summed E-state index contributed by atoms with van der Waals surface area (Å²) in [4.78, 5) is 0. The predicted octanol–water partition coefficient (Wildman–Crippen LogP) is -0.191. The van der Waals surface area contributed by atoms with Crippen LogP contribution in [0.4, 0.5) is 0 Å². The maximum Gasteiger partial charge on any atom is 2.00 e. The molecular weight excluding hydrogens is 155 g/mol. The Labute approximate surface area is 90.4 Å². The van der Waals surface area contributed by atoms with Gasteiger partial charge in [0.25, 0.3) is 0 Å². The van der Waals surface area contributed by atoms with E-state index in [1.165, 1.54) is 0 Å². The molecule has 2 radical (unpaired) electrons. The van der Waals surface area contributed by atoms with Crippen molar-refractivity contribution >= 4 is 51.4 Å². The van der Waals surface area contributed by atoms with Gasteiger partial charge >= 0.3 is 17.1 Å². The average molecular weight is 155 g/mol. The molecule has 0 saturated heterocycles. The van der Waals surface area contributed by atoms with Crippen LogP contribution < -0.4 is 0 Å². The van der Waals surface area contributed by atoms with Crippen molar-refractivity contribution in [1.82, 2.24) is 0 Å². The van der Waals surface area contributed by atoms with Gasteiger partial charge in [-0.05, 0) is 0 Å². The largest absolute Gasteiger partial charge is 2.00 e. The summed E-state index contributed by atoms with van der Waals surface area (Å²) >= 11 is 0. The van der Waals surface area contributed by atoms with E-state index in [1.54, 1.807) is 0 Å². The maximum absolute atomic E-state index is 6.25. The Balaban J connectivity index is -0.00000000500. The normalized spacial score (nSPS) is 0.667. The van der Waals surface area contributed by atoms with Crippen LogP contribution in [0.3, 0.4) is 0 Å². The van der Waals surface area contributed by atoms with Crippen molar-refractivity contribution < 1.29 is 17.1 Å². The summed E-state index contributed by atoms with van der Waals surface area (Å²) in [5.41, 5.74) is 0. The third-order valence-corrected chi connectivity index (χ3v) is 0. The van der Waals surface area contributed by atoms with Gasteiger partial charge in [-0.1, -0.05) is 0 Å². The Hall–Kier alpha value is 1.14. The molecule has 30 valence electrons. The Bertz CT molecular complexity index is 27.0. The van der Waals surface area contributed by atoms with Gasteiger partial charge in [-0.25, -0.2) is 0 Å². The smallest absolute Gasteiger partial charge is 0.512 e. The van der Waals surface area contributed by atoms with Gasteiger partial charge in [0.1, 0.15) is 0 Å². The quantitative estimate of drug-likeness (QED) is 0.359. The van der Waals surface area contributed by atoms with Gasteiger partial charge in [0.05, 0.1) is 0 Å². The van der Waals surface area contributed by atoms with Crippen molar-refractivity contribution in [3.8, 4) is 0 Å². The molecule has 0 N–H and O–H groups in total. The number of rotatable bonds is 0. The van der Waals surface area contributed by atoms with E-state index in [-0.39, 0.29) is 68.5 Å². The van der Waals surface area contributed by atoms with Crippen molar-refractivity contribution in [2.45, 2.75) is 0 Å². The summed E-state index contributed by atoms with van der Waals surface area (Å²) in [5.74, 6) is 0. The minimum Gasteiger partial charge on any atom is -0.512 e. The second-order valence-corrected chi connectivity index (χ2v) is 0. The summed E-state index contributed by atoms with van der Waals surface area (Å²) in [6, 6.07) is 0. The van der Waals surface area contributed by atoms with Crippen molar-refractivity contribution in [1.29, 1.82) is 10.5 Å². The monoisotopic (exact) mass is 154 g/mol. The molecule has 6 heavy (non-hydrogen) atoms. The molecule has 0 bridgehead atoms. The first-order valence-electron chi connectivity index (χ1n) is 0.447. The minimum absolute atomic E-state index is 0. The molecule has 0 heterocycles. The molecule has 0 spiro atoms. The number of nitrogens with zero attached hydrogens (tertiary/aromatic N) is 2. The molecule has 4 heteroatoms. The van der Waals surface area contributed by atoms with Crippen molar-refractivity contribution in [2.24, 2.45) is 0 Å². The second-order valence-electron chi connectivity index (χ2n) is 0. The van der Waals surface area contributed by atoms with Crippen molar-refractivity contribution in [3.63, 3.8) is 0 Å². The van der Waals surface area contributed by atoms with Crippen LogP contribution in [0.1, 0.15) is 0 Å². The number of hydrogen-bond donors (Lipinski definition) is 0. The fourth-order valence-corrected chi connectivity index (χ4v) is 0. The Kier molecular flexibility index (Phi) is 571. The molecule has 0 unspecified atom stereocenters. The van der Waals surface area contributed by atoms with Gasteiger partial charge in [-0.2, -0.15) is 0 Å². The number of hydrogen-bond acceptors (Lipinski definition) is 2. The van der Waals surface area contributed by atoms with Crippen molar-refractivity contribution in [2.75, 3.05) is 0 Å². The van der Waals surface area contributed by atoms with Crippen LogP contribution in [0.2, 0.25) is 0 Å². The van der Waals surface area contributed by atoms with Crippen LogP contribution in [0, 0.1) is 23.7 Å². The van der Waals surface area contributed by atoms with Gasteiger partial charge in [-0.15, -0.1) is 0 Å². The summed E-state index contributed by atoms with van der Waals surface area (Å²) in [6.07, 6.45) is 0. The zero-order valence-corrected chi connectivity index (χ0v) is 7.26. The Morgan fingerprint density at radius 2 is 0.833 bits per heavy atom. The SMILES string of the molecule is [C-]#N.[C-]#N.[Cu+2].[K]. The minimum atomic E-state index is 0. The van der Waals surface area contributed by atoms with E-state index in [2.05, 4.69) is 0 Å². The molecule has 0 amide bonds. The second kappa shape index (κ2) is 125. The average Bonchev–Trinajstić information content (AvgIpc) is 1.50. The molecule has 0 aliphatic heterocycles.